The van der Waals surface area contributed by atoms with Crippen molar-refractivity contribution in [3.63, 3.8) is 0 Å². The average molecular weight is 366 g/mol. The van der Waals surface area contributed by atoms with Gasteiger partial charge in [0.15, 0.2) is 0 Å². The summed E-state index contributed by atoms with van der Waals surface area (Å²) in [6.07, 6.45) is 5.58. The molecule has 0 aliphatic rings. The van der Waals surface area contributed by atoms with Gasteiger partial charge < -0.3 is 14.8 Å². The van der Waals surface area contributed by atoms with Crippen molar-refractivity contribution in [2.24, 2.45) is 5.92 Å². The average Bonchev–Trinajstić information content (AvgIpc) is 2.35. The van der Waals surface area contributed by atoms with Crippen molar-refractivity contribution in [2.45, 2.75) is 38.5 Å². The number of hydrogen-bond donors (Lipinski definition) is 2. The molecule has 0 saturated heterocycles. The fourth-order valence-electron chi connectivity index (χ4n) is 1.51. The number of hydrogen-bond acceptors (Lipinski definition) is 5. The zero-order valence-corrected chi connectivity index (χ0v) is 14.7. The number of thioether (sulfide) groups is 1. The van der Waals surface area contributed by atoms with E-state index in [1.54, 1.807) is 0 Å². The molecule has 116 valence electrons. The molecule has 0 saturated carbocycles. The van der Waals surface area contributed by atoms with Crippen molar-refractivity contribution >= 4 is 92.4 Å². The molecule has 1 N–H and O–H groups in total. The Kier molecular flexibility index (Phi) is 21.3. The molecule has 0 bridgehead atoms. The van der Waals surface area contributed by atoms with E-state index in [1.807, 2.05) is 11.8 Å². The Balaban J connectivity index is 0. The van der Waals surface area contributed by atoms with E-state index in [0.717, 1.165) is 32.6 Å². The second-order valence-electron chi connectivity index (χ2n) is 4.76. The third-order valence-electron chi connectivity index (χ3n) is 2.44. The zero-order chi connectivity index (χ0) is 14.5. The Labute approximate surface area is 181 Å². The van der Waals surface area contributed by atoms with Crippen molar-refractivity contribution in [3.05, 3.63) is 0 Å². The molecule has 0 fully saturated rings. The summed E-state index contributed by atoms with van der Waals surface area (Å²) in [7, 11) is 0. The third kappa shape index (κ3) is 18.2. The second kappa shape index (κ2) is 17.5. The summed E-state index contributed by atoms with van der Waals surface area (Å²) >= 11 is 10.5. The van der Waals surface area contributed by atoms with E-state index in [2.05, 4.69) is 38.0 Å². The van der Waals surface area contributed by atoms with Gasteiger partial charge in [0.25, 0.3) is 0 Å². The summed E-state index contributed by atoms with van der Waals surface area (Å²) in [5.74, 6) is 0.624. The summed E-state index contributed by atoms with van der Waals surface area (Å²) in [5, 5.41) is 3.91. The molecule has 0 spiro atoms. The Morgan fingerprint density at radius 1 is 1.30 bits per heavy atom. The summed E-state index contributed by atoms with van der Waals surface area (Å²) in [6.45, 7) is 7.47. The van der Waals surface area contributed by atoms with E-state index in [4.69, 9.17) is 21.7 Å². The van der Waals surface area contributed by atoms with Crippen LogP contribution in [0.3, 0.4) is 0 Å². The van der Waals surface area contributed by atoms with Gasteiger partial charge in [-0.3, -0.25) is 0 Å². The predicted molar refractivity (Wildman–Crippen MR) is 99.5 cm³/mol. The molecule has 1 unspecified atom stereocenters. The molecule has 0 aliphatic carbocycles. The van der Waals surface area contributed by atoms with Crippen molar-refractivity contribution in [1.29, 1.82) is 0 Å². The minimum absolute atomic E-state index is 0. The minimum atomic E-state index is 0. The number of rotatable bonds is 12. The summed E-state index contributed by atoms with van der Waals surface area (Å²) in [4.78, 5) is 0. The quantitative estimate of drug-likeness (QED) is 0.183. The van der Waals surface area contributed by atoms with Gasteiger partial charge in [0, 0.05) is 19.8 Å². The Hall–Kier alpha value is 2.15. The first-order valence-electron chi connectivity index (χ1n) is 6.76. The third-order valence-corrected chi connectivity index (χ3v) is 3.66. The van der Waals surface area contributed by atoms with Gasteiger partial charge in [0.05, 0.1) is 5.37 Å². The van der Waals surface area contributed by atoms with E-state index in [-0.39, 0.29) is 51.4 Å². The van der Waals surface area contributed by atoms with Crippen molar-refractivity contribution in [1.82, 2.24) is 5.32 Å². The standard InChI is InChI=1S/C13H27NO2S3.K.H/c1-11(2)10-15-8-5-4-6-12(19-3)14-7-9-16-13(17)18;;/h11-12,14H,4-10H2,1-3H3,(H,17,18);;. The van der Waals surface area contributed by atoms with Crippen LogP contribution >= 0.6 is 36.6 Å². The summed E-state index contributed by atoms with van der Waals surface area (Å²) in [6, 6.07) is 0. The molecule has 7 heteroatoms. The molecule has 0 aromatic carbocycles. The van der Waals surface area contributed by atoms with Crippen LogP contribution in [0.25, 0.3) is 0 Å². The number of thiocarbonyl (C=S) groups is 1. The fourth-order valence-corrected chi connectivity index (χ4v) is 2.38. The molecule has 0 aromatic rings. The molecule has 0 radical (unpaired) electrons. The monoisotopic (exact) mass is 365 g/mol. The van der Waals surface area contributed by atoms with Crippen LogP contribution in [0, 0.1) is 5.92 Å². The molecule has 1 atom stereocenters. The molecule has 0 aliphatic heterocycles. The van der Waals surface area contributed by atoms with Gasteiger partial charge in [0.1, 0.15) is 6.61 Å². The Morgan fingerprint density at radius 3 is 2.55 bits per heavy atom. The van der Waals surface area contributed by atoms with Crippen LogP contribution in [0.2, 0.25) is 0 Å². The number of nitrogens with one attached hydrogen (secondary N) is 1. The number of thiol groups is 1. The maximum absolute atomic E-state index is 5.57. The molecule has 0 amide bonds. The van der Waals surface area contributed by atoms with Crippen LogP contribution in [-0.2, 0) is 9.47 Å². The molecule has 20 heavy (non-hydrogen) atoms. The van der Waals surface area contributed by atoms with Gasteiger partial charge >= 0.3 is 51.4 Å². The topological polar surface area (TPSA) is 30.5 Å². The molecule has 3 nitrogen and oxygen atoms in total. The van der Waals surface area contributed by atoms with Crippen molar-refractivity contribution in [2.75, 3.05) is 32.6 Å². The van der Waals surface area contributed by atoms with Crippen LogP contribution in [0.1, 0.15) is 33.1 Å². The molecular formula is C13H28KNO2S3. The van der Waals surface area contributed by atoms with E-state index >= 15 is 0 Å². The van der Waals surface area contributed by atoms with E-state index in [1.165, 1.54) is 6.42 Å². The first-order chi connectivity index (χ1) is 9.06. The van der Waals surface area contributed by atoms with Crippen LogP contribution in [0.15, 0.2) is 0 Å². The van der Waals surface area contributed by atoms with Crippen molar-refractivity contribution in [3.8, 4) is 0 Å². The number of unbranched alkanes of at least 4 members (excludes halogenated alkanes) is 1. The van der Waals surface area contributed by atoms with E-state index in [0.29, 0.717) is 22.3 Å². The van der Waals surface area contributed by atoms with Gasteiger partial charge in [-0.1, -0.05) is 26.5 Å². The van der Waals surface area contributed by atoms with Gasteiger partial charge in [-0.15, -0.1) is 11.8 Å². The molecular weight excluding hydrogens is 337 g/mol. The Bertz CT molecular complexity index is 234. The van der Waals surface area contributed by atoms with E-state index < -0.39 is 0 Å². The summed E-state index contributed by atoms with van der Waals surface area (Å²) < 4.78 is 11.0. The zero-order valence-electron chi connectivity index (χ0n) is 12.2. The molecule has 0 aromatic heterocycles. The Morgan fingerprint density at radius 2 is 2.00 bits per heavy atom. The van der Waals surface area contributed by atoms with Crippen molar-refractivity contribution < 1.29 is 9.47 Å². The summed E-state index contributed by atoms with van der Waals surface area (Å²) in [5.41, 5.74) is 0. The first kappa shape index (κ1) is 24.4. The van der Waals surface area contributed by atoms with Crippen LogP contribution in [0.5, 0.6) is 0 Å². The van der Waals surface area contributed by atoms with Crippen LogP contribution < -0.4 is 5.32 Å². The first-order valence-corrected chi connectivity index (χ1v) is 8.90. The SMILES string of the molecule is CSC(CCCCOCC(C)C)NCCOC(=S)S.[KH]. The van der Waals surface area contributed by atoms with E-state index in [9.17, 15) is 0 Å². The van der Waals surface area contributed by atoms with Gasteiger partial charge in [-0.25, -0.2) is 0 Å². The normalized spacial score (nSPS) is 12.1. The van der Waals surface area contributed by atoms with Gasteiger partial charge in [-0.05, 0) is 43.7 Å². The number of ether oxygens (including phenoxy) is 2. The van der Waals surface area contributed by atoms with Crippen LogP contribution in [0.4, 0.5) is 0 Å². The van der Waals surface area contributed by atoms with Gasteiger partial charge in [-0.2, -0.15) is 0 Å². The van der Waals surface area contributed by atoms with Gasteiger partial charge in [0.2, 0.25) is 4.38 Å². The fraction of sp³-hybridized carbons (Fsp3) is 0.923. The maximum atomic E-state index is 5.57. The second-order valence-corrected chi connectivity index (χ2v) is 6.88. The van der Waals surface area contributed by atoms with Crippen LogP contribution in [-0.4, -0.2) is 93.8 Å². The molecule has 0 heterocycles. The predicted octanol–water partition coefficient (Wildman–Crippen LogP) is 2.69. The molecule has 0 rings (SSSR count).